The van der Waals surface area contributed by atoms with Crippen molar-refractivity contribution in [1.82, 2.24) is 0 Å². The molecule has 2 N–H and O–H groups in total. The van der Waals surface area contributed by atoms with Crippen LogP contribution in [0.1, 0.15) is 16.7 Å². The summed E-state index contributed by atoms with van der Waals surface area (Å²) in [4.78, 5) is 3.21. The van der Waals surface area contributed by atoms with E-state index in [4.69, 9.17) is 9.47 Å². The maximum Gasteiger partial charge on any atom is 0.443 e. The predicted octanol–water partition coefficient (Wildman–Crippen LogP) is 4.19. The normalized spacial score (nSPS) is 18.3. The molecule has 4 rings (SSSR count). The first-order valence-electron chi connectivity index (χ1n) is 8.33. The number of aliphatic hydroxyl groups excluding tert-OH is 1. The molecule has 27 heavy (non-hydrogen) atoms. The number of benzene rings is 3. The number of hydrogen-bond donors (Lipinski definition) is 2. The maximum atomic E-state index is 11.7. The van der Waals surface area contributed by atoms with E-state index in [0.717, 1.165) is 10.8 Å². The summed E-state index contributed by atoms with van der Waals surface area (Å²) in [6.07, 6.45) is 0. The van der Waals surface area contributed by atoms with Gasteiger partial charge < -0.3 is 19.7 Å². The molecule has 0 heterocycles. The van der Waals surface area contributed by atoms with Gasteiger partial charge in [-0.2, -0.15) is 0 Å². The van der Waals surface area contributed by atoms with E-state index in [9.17, 15) is 15.6 Å². The third-order valence-electron chi connectivity index (χ3n) is 5.01. The van der Waals surface area contributed by atoms with E-state index in [1.54, 1.807) is 30.3 Å². The summed E-state index contributed by atoms with van der Waals surface area (Å²) in [5.74, 6) is 0.639. The summed E-state index contributed by atoms with van der Waals surface area (Å²) < 4.78 is 11.2. The molecule has 3 aromatic carbocycles. The number of hydrogen-bond acceptors (Lipinski definition) is 5. The number of diazo groups is 1. The molecule has 1 atom stereocenters. The quantitative estimate of drug-likeness (QED) is 0.683. The van der Waals surface area contributed by atoms with E-state index in [1.807, 2.05) is 24.3 Å². The molecule has 0 spiro atoms. The Balaban J connectivity index is 2.15. The van der Waals surface area contributed by atoms with Crippen LogP contribution in [0, 0.1) is 5.39 Å². The van der Waals surface area contributed by atoms with Gasteiger partial charge in [-0.3, -0.25) is 0 Å². The van der Waals surface area contributed by atoms with Crippen molar-refractivity contribution in [3.63, 3.8) is 0 Å². The van der Waals surface area contributed by atoms with Gasteiger partial charge >= 0.3 is 5.70 Å². The highest BCUT2D eigenvalue weighted by Gasteiger charge is 2.57. The van der Waals surface area contributed by atoms with E-state index in [1.165, 1.54) is 14.2 Å². The van der Waals surface area contributed by atoms with Crippen molar-refractivity contribution in [3.8, 4) is 11.5 Å². The third-order valence-corrected chi connectivity index (χ3v) is 5.01. The first-order chi connectivity index (χ1) is 13.1. The maximum absolute atomic E-state index is 11.7. The molecule has 6 nitrogen and oxygen atoms in total. The van der Waals surface area contributed by atoms with Gasteiger partial charge in [0.05, 0.1) is 14.2 Å². The highest BCUT2D eigenvalue weighted by atomic mass is 16.5. The van der Waals surface area contributed by atoms with Gasteiger partial charge in [0.2, 0.25) is 16.8 Å². The average Bonchev–Trinajstić information content (AvgIpc) is 2.94. The standard InChI is InChI=1S/C21H16N2O4/c1-26-17-11-16(19(27-2)13-8-4-3-7-12(13)17)21(25)15-10-6-5-9-14(15)18(24)20(21)23-22/h3-11,25H,1-2H3/p+1. The Labute approximate surface area is 155 Å². The van der Waals surface area contributed by atoms with Gasteiger partial charge in [-0.1, -0.05) is 48.5 Å². The number of rotatable bonds is 3. The number of aliphatic hydroxyl groups is 2. The van der Waals surface area contributed by atoms with Crippen LogP contribution >= 0.6 is 0 Å². The van der Waals surface area contributed by atoms with Crippen LogP contribution in [0.3, 0.4) is 0 Å². The van der Waals surface area contributed by atoms with E-state index in [0.29, 0.717) is 28.2 Å². The Morgan fingerprint density at radius 2 is 1.59 bits per heavy atom. The van der Waals surface area contributed by atoms with E-state index in [-0.39, 0.29) is 11.5 Å². The van der Waals surface area contributed by atoms with Gasteiger partial charge in [0.1, 0.15) is 11.5 Å². The Bertz CT molecular complexity index is 1150. The Hall–Kier alpha value is -3.56. The molecule has 0 fully saturated rings. The number of nitrogens with zero attached hydrogens (tertiary/aromatic N) is 2. The fourth-order valence-corrected chi connectivity index (χ4v) is 3.80. The minimum Gasteiger partial charge on any atom is -0.501 e. The smallest absolute Gasteiger partial charge is 0.443 e. The molecular weight excluding hydrogens is 344 g/mol. The lowest BCUT2D eigenvalue weighted by Gasteiger charge is -2.24. The zero-order chi connectivity index (χ0) is 19.2. The zero-order valence-corrected chi connectivity index (χ0v) is 14.8. The van der Waals surface area contributed by atoms with E-state index >= 15 is 0 Å². The molecule has 1 aliphatic carbocycles. The topological polar surface area (TPSA) is 87.1 Å². The first-order valence-corrected chi connectivity index (χ1v) is 8.33. The van der Waals surface area contributed by atoms with E-state index < -0.39 is 5.60 Å². The molecule has 0 aliphatic heterocycles. The Kier molecular flexibility index (Phi) is 3.76. The molecule has 0 bridgehead atoms. The van der Waals surface area contributed by atoms with Crippen molar-refractivity contribution >= 4 is 16.5 Å². The fraction of sp³-hybridized carbons (Fsp3) is 0.143. The molecule has 0 amide bonds. The van der Waals surface area contributed by atoms with E-state index in [2.05, 4.69) is 4.98 Å². The summed E-state index contributed by atoms with van der Waals surface area (Å²) in [5.41, 5.74) is -1.07. The van der Waals surface area contributed by atoms with Gasteiger partial charge in [-0.15, -0.1) is 0 Å². The van der Waals surface area contributed by atoms with Gasteiger partial charge in [0.15, 0.2) is 4.98 Å². The lowest BCUT2D eigenvalue weighted by molar-refractivity contribution is 0.123. The first kappa shape index (κ1) is 16.9. The summed E-state index contributed by atoms with van der Waals surface area (Å²) >= 11 is 0. The number of methoxy groups -OCH3 is 2. The van der Waals surface area contributed by atoms with Crippen LogP contribution < -0.4 is 9.47 Å². The molecule has 1 aliphatic rings. The van der Waals surface area contributed by atoms with Crippen molar-refractivity contribution in [2.45, 2.75) is 5.60 Å². The molecule has 3 aromatic rings. The predicted molar refractivity (Wildman–Crippen MR) is 101 cm³/mol. The average molecular weight is 361 g/mol. The molecule has 134 valence electrons. The second-order valence-electron chi connectivity index (χ2n) is 6.26. The molecule has 0 aromatic heterocycles. The van der Waals surface area contributed by atoms with Crippen LogP contribution in [0.25, 0.3) is 21.5 Å². The summed E-state index contributed by atoms with van der Waals surface area (Å²) in [7, 11) is 3.04. The lowest BCUT2D eigenvalue weighted by atomic mass is 9.84. The van der Waals surface area contributed by atoms with Crippen LogP contribution in [-0.4, -0.2) is 24.4 Å². The summed E-state index contributed by atoms with van der Waals surface area (Å²) in [5, 5.41) is 33.4. The SMILES string of the molecule is COc1cc(C2(O)C([N+]#N)=C(O)c3ccccc32)c(OC)c2ccccc12. The lowest BCUT2D eigenvalue weighted by Crippen LogP contribution is -2.27. The van der Waals surface area contributed by atoms with Crippen LogP contribution in [-0.2, 0) is 5.60 Å². The van der Waals surface area contributed by atoms with Crippen LogP contribution in [0.4, 0.5) is 0 Å². The molecule has 0 radical (unpaired) electrons. The molecule has 6 heteroatoms. The second-order valence-corrected chi connectivity index (χ2v) is 6.26. The van der Waals surface area contributed by atoms with Crippen LogP contribution in [0.5, 0.6) is 11.5 Å². The van der Waals surface area contributed by atoms with Crippen molar-refractivity contribution in [2.24, 2.45) is 0 Å². The number of ether oxygens (including phenoxy) is 2. The highest BCUT2D eigenvalue weighted by Crippen LogP contribution is 2.53. The van der Waals surface area contributed by atoms with Crippen molar-refractivity contribution < 1.29 is 19.7 Å². The minimum absolute atomic E-state index is 0.265. The molecule has 0 saturated carbocycles. The van der Waals surface area contributed by atoms with Crippen LogP contribution in [0.2, 0.25) is 0 Å². The van der Waals surface area contributed by atoms with Gasteiger partial charge in [-0.25, -0.2) is 0 Å². The Morgan fingerprint density at radius 3 is 2.26 bits per heavy atom. The molecule has 0 saturated heterocycles. The fourth-order valence-electron chi connectivity index (χ4n) is 3.80. The van der Waals surface area contributed by atoms with Gasteiger partial charge in [-0.05, 0) is 6.07 Å². The number of fused-ring (bicyclic) bond motifs is 2. The van der Waals surface area contributed by atoms with Crippen molar-refractivity contribution in [1.29, 1.82) is 5.39 Å². The third kappa shape index (κ3) is 2.12. The molecular formula is C21H17N2O4+. The molecule has 1 unspecified atom stereocenters. The highest BCUT2D eigenvalue weighted by molar-refractivity contribution is 5.96. The van der Waals surface area contributed by atoms with Crippen molar-refractivity contribution in [2.75, 3.05) is 14.2 Å². The monoisotopic (exact) mass is 361 g/mol. The summed E-state index contributed by atoms with van der Waals surface area (Å²) in [6.45, 7) is 0. The second kappa shape index (κ2) is 6.01. The van der Waals surface area contributed by atoms with Crippen molar-refractivity contribution in [3.05, 3.63) is 82.0 Å². The summed E-state index contributed by atoms with van der Waals surface area (Å²) in [6, 6.07) is 15.9. The zero-order valence-electron chi connectivity index (χ0n) is 14.8. The van der Waals surface area contributed by atoms with Gasteiger partial charge in [0.25, 0.3) is 0 Å². The van der Waals surface area contributed by atoms with Crippen LogP contribution in [0.15, 0.2) is 60.3 Å². The minimum atomic E-state index is -1.90. The van der Waals surface area contributed by atoms with Gasteiger partial charge in [0, 0.05) is 27.5 Å². The largest absolute Gasteiger partial charge is 0.501 e. The Morgan fingerprint density at radius 1 is 0.926 bits per heavy atom.